The van der Waals surface area contributed by atoms with E-state index >= 15 is 0 Å². The molecule has 2 aromatic rings. The number of hydrogen-bond donors (Lipinski definition) is 3. The maximum absolute atomic E-state index is 9.07. The third-order valence-corrected chi connectivity index (χ3v) is 4.70. The van der Waals surface area contributed by atoms with E-state index in [2.05, 4.69) is 28.5 Å². The summed E-state index contributed by atoms with van der Waals surface area (Å²) in [6.45, 7) is 7.16. The van der Waals surface area contributed by atoms with Gasteiger partial charge in [0.2, 0.25) is 0 Å². The Labute approximate surface area is 127 Å². The quantitative estimate of drug-likeness (QED) is 0.763. The molecule has 0 amide bonds. The largest absolute Gasteiger partial charge is 0.396 e. The molecule has 20 heavy (non-hydrogen) atoms. The van der Waals surface area contributed by atoms with Gasteiger partial charge in [-0.2, -0.15) is 4.37 Å². The van der Waals surface area contributed by atoms with Gasteiger partial charge < -0.3 is 16.2 Å². The third-order valence-electron chi connectivity index (χ3n) is 3.11. The second-order valence-electron chi connectivity index (χ2n) is 5.52. The molecule has 0 radical (unpaired) electrons. The van der Waals surface area contributed by atoms with E-state index in [1.54, 1.807) is 11.3 Å². The van der Waals surface area contributed by atoms with E-state index in [1.165, 1.54) is 11.5 Å². The average molecular weight is 312 g/mol. The standard InChI is InChI=1S/C13H20N4OS2/c1-8-16-9(6-19-8)10-11(14)17-20-12(10)15-7-13(2,3)4-5-18/h6,15,18H,4-5,7H2,1-3H3,(H2,14,17). The van der Waals surface area contributed by atoms with Crippen LogP contribution in [-0.4, -0.2) is 27.6 Å². The van der Waals surface area contributed by atoms with Crippen molar-refractivity contribution in [2.75, 3.05) is 24.2 Å². The molecule has 2 aromatic heterocycles. The highest BCUT2D eigenvalue weighted by Crippen LogP contribution is 2.37. The number of hydrogen-bond acceptors (Lipinski definition) is 7. The highest BCUT2D eigenvalue weighted by atomic mass is 32.1. The number of nitrogens with one attached hydrogen (secondary N) is 1. The zero-order chi connectivity index (χ0) is 14.8. The summed E-state index contributed by atoms with van der Waals surface area (Å²) >= 11 is 2.96. The van der Waals surface area contributed by atoms with Crippen molar-refractivity contribution < 1.29 is 5.11 Å². The van der Waals surface area contributed by atoms with Gasteiger partial charge in [0.1, 0.15) is 10.8 Å². The molecule has 2 heterocycles. The summed E-state index contributed by atoms with van der Waals surface area (Å²) in [7, 11) is 0. The molecule has 0 spiro atoms. The lowest BCUT2D eigenvalue weighted by Gasteiger charge is -2.24. The minimum absolute atomic E-state index is 0.0166. The van der Waals surface area contributed by atoms with Crippen molar-refractivity contribution in [1.29, 1.82) is 0 Å². The van der Waals surface area contributed by atoms with E-state index in [4.69, 9.17) is 10.8 Å². The number of aliphatic hydroxyl groups is 1. The van der Waals surface area contributed by atoms with E-state index in [0.717, 1.165) is 34.2 Å². The van der Waals surface area contributed by atoms with Crippen molar-refractivity contribution in [1.82, 2.24) is 9.36 Å². The summed E-state index contributed by atoms with van der Waals surface area (Å²) in [4.78, 5) is 4.48. The first-order chi connectivity index (χ1) is 9.43. The SMILES string of the molecule is Cc1nc(-c2c(N)nsc2NCC(C)(C)CCO)cs1. The predicted octanol–water partition coefficient (Wildman–Crippen LogP) is 2.98. The molecule has 5 nitrogen and oxygen atoms in total. The summed E-state index contributed by atoms with van der Waals surface area (Å²) in [5.41, 5.74) is 7.75. The number of nitrogen functional groups attached to an aromatic ring is 1. The Morgan fingerprint density at radius 1 is 1.45 bits per heavy atom. The summed E-state index contributed by atoms with van der Waals surface area (Å²) in [5.74, 6) is 0.516. The van der Waals surface area contributed by atoms with E-state index in [0.29, 0.717) is 5.82 Å². The Balaban J connectivity index is 2.18. The van der Waals surface area contributed by atoms with Gasteiger partial charge in [-0.05, 0) is 30.3 Å². The minimum Gasteiger partial charge on any atom is -0.396 e. The molecule has 110 valence electrons. The summed E-state index contributed by atoms with van der Waals surface area (Å²) in [5, 5.41) is 16.4. The fourth-order valence-electron chi connectivity index (χ4n) is 1.86. The molecule has 0 aromatic carbocycles. The van der Waals surface area contributed by atoms with Gasteiger partial charge in [0.05, 0.1) is 16.3 Å². The Morgan fingerprint density at radius 3 is 2.80 bits per heavy atom. The van der Waals surface area contributed by atoms with Crippen molar-refractivity contribution in [2.24, 2.45) is 5.41 Å². The maximum atomic E-state index is 9.07. The van der Waals surface area contributed by atoms with Crippen LogP contribution in [0, 0.1) is 12.3 Å². The molecular weight excluding hydrogens is 292 g/mol. The monoisotopic (exact) mass is 312 g/mol. The van der Waals surface area contributed by atoms with Crippen molar-refractivity contribution in [2.45, 2.75) is 27.2 Å². The van der Waals surface area contributed by atoms with Crippen LogP contribution in [0.2, 0.25) is 0 Å². The van der Waals surface area contributed by atoms with Crippen LogP contribution >= 0.6 is 22.9 Å². The van der Waals surface area contributed by atoms with Gasteiger partial charge in [-0.3, -0.25) is 0 Å². The fraction of sp³-hybridized carbons (Fsp3) is 0.538. The van der Waals surface area contributed by atoms with Gasteiger partial charge in [0, 0.05) is 18.5 Å². The van der Waals surface area contributed by atoms with Crippen molar-refractivity contribution in [3.8, 4) is 11.3 Å². The molecular formula is C13H20N4OS2. The number of aliphatic hydroxyl groups excluding tert-OH is 1. The molecule has 0 aliphatic rings. The van der Waals surface area contributed by atoms with E-state index in [9.17, 15) is 0 Å². The zero-order valence-corrected chi connectivity index (χ0v) is 13.6. The molecule has 0 unspecified atom stereocenters. The summed E-state index contributed by atoms with van der Waals surface area (Å²) in [6.07, 6.45) is 0.749. The zero-order valence-electron chi connectivity index (χ0n) is 11.9. The molecule has 7 heteroatoms. The summed E-state index contributed by atoms with van der Waals surface area (Å²) < 4.78 is 4.22. The van der Waals surface area contributed by atoms with E-state index < -0.39 is 0 Å². The normalized spacial score (nSPS) is 11.8. The maximum Gasteiger partial charge on any atom is 0.148 e. The molecule has 0 atom stereocenters. The first kappa shape index (κ1) is 15.2. The molecule has 0 fully saturated rings. The van der Waals surface area contributed by atoms with Crippen molar-refractivity contribution >= 4 is 33.7 Å². The Hall–Kier alpha value is -1.18. The molecule has 2 rings (SSSR count). The van der Waals surface area contributed by atoms with E-state index in [1.807, 2.05) is 12.3 Å². The van der Waals surface area contributed by atoms with Crippen molar-refractivity contribution in [3.63, 3.8) is 0 Å². The second-order valence-corrected chi connectivity index (χ2v) is 7.35. The molecule has 0 bridgehead atoms. The van der Waals surface area contributed by atoms with Gasteiger partial charge in [-0.1, -0.05) is 13.8 Å². The fourth-order valence-corrected chi connectivity index (χ4v) is 3.18. The lowest BCUT2D eigenvalue weighted by Crippen LogP contribution is -2.24. The van der Waals surface area contributed by atoms with Crippen LogP contribution in [0.1, 0.15) is 25.3 Å². The van der Waals surface area contributed by atoms with Crippen LogP contribution in [0.15, 0.2) is 5.38 Å². The van der Waals surface area contributed by atoms with Gasteiger partial charge in [-0.25, -0.2) is 4.98 Å². The van der Waals surface area contributed by atoms with Crippen LogP contribution in [0.5, 0.6) is 0 Å². The molecule has 0 aliphatic carbocycles. The lowest BCUT2D eigenvalue weighted by atomic mass is 9.90. The van der Waals surface area contributed by atoms with Gasteiger partial charge in [0.25, 0.3) is 0 Å². The predicted molar refractivity (Wildman–Crippen MR) is 86.3 cm³/mol. The number of anilines is 2. The average Bonchev–Trinajstić information content (AvgIpc) is 2.93. The number of nitrogens with two attached hydrogens (primary N) is 1. The number of thiazole rings is 1. The number of aromatic nitrogens is 2. The Kier molecular flexibility index (Phi) is 4.62. The van der Waals surface area contributed by atoms with E-state index in [-0.39, 0.29) is 12.0 Å². The third kappa shape index (κ3) is 3.47. The number of aryl methyl sites for hydroxylation is 1. The second kappa shape index (κ2) is 6.07. The first-order valence-electron chi connectivity index (χ1n) is 6.45. The van der Waals surface area contributed by atoms with Crippen LogP contribution in [0.3, 0.4) is 0 Å². The van der Waals surface area contributed by atoms with Crippen LogP contribution in [0.4, 0.5) is 10.8 Å². The van der Waals surface area contributed by atoms with Crippen LogP contribution in [-0.2, 0) is 0 Å². The van der Waals surface area contributed by atoms with Gasteiger partial charge >= 0.3 is 0 Å². The highest BCUT2D eigenvalue weighted by Gasteiger charge is 2.20. The molecule has 4 N–H and O–H groups in total. The number of rotatable bonds is 6. The Bertz CT molecular complexity index is 577. The highest BCUT2D eigenvalue weighted by molar-refractivity contribution is 7.11. The van der Waals surface area contributed by atoms with Crippen molar-refractivity contribution in [3.05, 3.63) is 10.4 Å². The smallest absolute Gasteiger partial charge is 0.148 e. The number of nitrogens with zero attached hydrogens (tertiary/aromatic N) is 2. The molecule has 0 aliphatic heterocycles. The van der Waals surface area contributed by atoms with Crippen LogP contribution < -0.4 is 11.1 Å². The molecule has 0 saturated carbocycles. The van der Waals surface area contributed by atoms with Gasteiger partial charge in [-0.15, -0.1) is 11.3 Å². The Morgan fingerprint density at radius 2 is 2.20 bits per heavy atom. The topological polar surface area (TPSA) is 84.1 Å². The lowest BCUT2D eigenvalue weighted by molar-refractivity contribution is 0.220. The summed E-state index contributed by atoms with van der Waals surface area (Å²) in [6, 6.07) is 0. The molecule has 0 saturated heterocycles. The minimum atomic E-state index is 0.0166. The van der Waals surface area contributed by atoms with Gasteiger partial charge in [0.15, 0.2) is 0 Å². The van der Waals surface area contributed by atoms with Crippen LogP contribution in [0.25, 0.3) is 11.3 Å². The first-order valence-corrected chi connectivity index (χ1v) is 8.10.